The molecular formula is C19H20N4O. The van der Waals surface area contributed by atoms with E-state index in [0.29, 0.717) is 11.4 Å². The number of carbonyl (C=O) groups excluding carboxylic acids is 1. The summed E-state index contributed by atoms with van der Waals surface area (Å²) in [4.78, 5) is 12.6. The molecule has 1 aromatic heterocycles. The van der Waals surface area contributed by atoms with Gasteiger partial charge in [0.25, 0.3) is 5.91 Å². The van der Waals surface area contributed by atoms with Crippen molar-refractivity contribution in [2.75, 3.05) is 5.32 Å². The predicted octanol–water partition coefficient (Wildman–Crippen LogP) is 3.75. The Hall–Kier alpha value is -2.95. The van der Waals surface area contributed by atoms with Gasteiger partial charge in [0.05, 0.1) is 11.4 Å². The molecule has 3 rings (SSSR count). The van der Waals surface area contributed by atoms with Crippen LogP contribution < -0.4 is 5.32 Å². The molecular weight excluding hydrogens is 300 g/mol. The second-order valence-corrected chi connectivity index (χ2v) is 5.99. The summed E-state index contributed by atoms with van der Waals surface area (Å²) in [6, 6.07) is 13.8. The van der Waals surface area contributed by atoms with Gasteiger partial charge in [0.1, 0.15) is 0 Å². The highest BCUT2D eigenvalue weighted by atomic mass is 16.2. The van der Waals surface area contributed by atoms with Crippen molar-refractivity contribution in [3.63, 3.8) is 0 Å². The molecule has 0 saturated heterocycles. The minimum Gasteiger partial charge on any atom is -0.320 e. The number of aryl methyl sites for hydroxylation is 3. The van der Waals surface area contributed by atoms with E-state index in [2.05, 4.69) is 15.6 Å². The first kappa shape index (κ1) is 15.9. The number of anilines is 1. The average molecular weight is 320 g/mol. The fourth-order valence-corrected chi connectivity index (χ4v) is 2.70. The number of rotatable bonds is 3. The number of nitrogens with one attached hydrogen (secondary N) is 1. The Morgan fingerprint density at radius 3 is 2.46 bits per heavy atom. The summed E-state index contributed by atoms with van der Waals surface area (Å²) in [7, 11) is 0. The number of hydrogen-bond donors (Lipinski definition) is 1. The minimum absolute atomic E-state index is 0.251. The number of para-hydroxylation sites is 1. The lowest BCUT2D eigenvalue weighted by Crippen LogP contribution is -2.15. The molecule has 5 heteroatoms. The van der Waals surface area contributed by atoms with E-state index in [1.54, 1.807) is 4.68 Å². The molecule has 2 aromatic carbocycles. The van der Waals surface area contributed by atoms with Crippen LogP contribution >= 0.6 is 0 Å². The van der Waals surface area contributed by atoms with Crippen LogP contribution in [0.2, 0.25) is 0 Å². The van der Waals surface area contributed by atoms with Gasteiger partial charge >= 0.3 is 0 Å². The first-order valence-electron chi connectivity index (χ1n) is 7.84. The minimum atomic E-state index is -0.251. The second-order valence-electron chi connectivity index (χ2n) is 5.99. The van der Waals surface area contributed by atoms with E-state index in [1.807, 2.05) is 70.2 Å². The topological polar surface area (TPSA) is 59.8 Å². The molecule has 3 aromatic rings. The smallest absolute Gasteiger partial charge is 0.278 e. The molecule has 0 saturated carbocycles. The van der Waals surface area contributed by atoms with E-state index < -0.39 is 0 Å². The van der Waals surface area contributed by atoms with E-state index in [1.165, 1.54) is 0 Å². The molecule has 24 heavy (non-hydrogen) atoms. The fourth-order valence-electron chi connectivity index (χ4n) is 2.70. The van der Waals surface area contributed by atoms with Crippen LogP contribution in [-0.2, 0) is 0 Å². The van der Waals surface area contributed by atoms with E-state index >= 15 is 0 Å². The molecule has 0 aliphatic rings. The van der Waals surface area contributed by atoms with Crippen molar-refractivity contribution >= 4 is 11.6 Å². The van der Waals surface area contributed by atoms with E-state index in [-0.39, 0.29) is 5.91 Å². The zero-order chi connectivity index (χ0) is 17.3. The van der Waals surface area contributed by atoms with Crippen LogP contribution in [0.25, 0.3) is 5.69 Å². The number of amides is 1. The highest BCUT2D eigenvalue weighted by molar-refractivity contribution is 6.04. The van der Waals surface area contributed by atoms with Gasteiger partial charge in [0, 0.05) is 5.69 Å². The molecule has 0 fully saturated rings. The summed E-state index contributed by atoms with van der Waals surface area (Å²) in [6.07, 6.45) is 0. The van der Waals surface area contributed by atoms with E-state index in [9.17, 15) is 4.79 Å². The van der Waals surface area contributed by atoms with Crippen molar-refractivity contribution in [1.29, 1.82) is 0 Å². The normalized spacial score (nSPS) is 10.7. The zero-order valence-electron chi connectivity index (χ0n) is 14.3. The SMILES string of the molecule is Cc1ccc(NC(=O)c2nnn(-c3ccccc3C)c2C)c(C)c1. The van der Waals surface area contributed by atoms with Crippen LogP contribution in [-0.4, -0.2) is 20.9 Å². The molecule has 0 unspecified atom stereocenters. The lowest BCUT2D eigenvalue weighted by Gasteiger charge is -2.09. The summed E-state index contributed by atoms with van der Waals surface area (Å²) in [5.74, 6) is -0.251. The van der Waals surface area contributed by atoms with Gasteiger partial charge < -0.3 is 5.32 Å². The van der Waals surface area contributed by atoms with Gasteiger partial charge in [-0.1, -0.05) is 41.1 Å². The standard InChI is InChI=1S/C19H20N4O/c1-12-9-10-16(14(3)11-12)20-19(24)18-15(4)23(22-21-18)17-8-6-5-7-13(17)2/h5-11H,1-4H3,(H,20,24). The first-order chi connectivity index (χ1) is 11.5. The van der Waals surface area contributed by atoms with Crippen LogP contribution in [0.1, 0.15) is 32.9 Å². The molecule has 1 heterocycles. The van der Waals surface area contributed by atoms with Gasteiger partial charge in [-0.25, -0.2) is 4.68 Å². The molecule has 5 nitrogen and oxygen atoms in total. The van der Waals surface area contributed by atoms with E-state index in [0.717, 1.165) is 28.1 Å². The maximum Gasteiger partial charge on any atom is 0.278 e. The molecule has 1 N–H and O–H groups in total. The van der Waals surface area contributed by atoms with E-state index in [4.69, 9.17) is 0 Å². The lowest BCUT2D eigenvalue weighted by atomic mass is 10.1. The molecule has 0 spiro atoms. The lowest BCUT2D eigenvalue weighted by molar-refractivity contribution is 0.102. The van der Waals surface area contributed by atoms with Crippen LogP contribution in [0.5, 0.6) is 0 Å². The maximum absolute atomic E-state index is 12.6. The van der Waals surface area contributed by atoms with Gasteiger partial charge in [-0.15, -0.1) is 5.10 Å². The van der Waals surface area contributed by atoms with Crippen molar-refractivity contribution in [3.05, 3.63) is 70.5 Å². The molecule has 0 radical (unpaired) electrons. The van der Waals surface area contributed by atoms with Gasteiger partial charge in [0.2, 0.25) is 0 Å². The fraction of sp³-hybridized carbons (Fsp3) is 0.211. The third-order valence-corrected chi connectivity index (χ3v) is 4.08. The van der Waals surface area contributed by atoms with Crippen molar-refractivity contribution in [2.45, 2.75) is 27.7 Å². The van der Waals surface area contributed by atoms with Crippen molar-refractivity contribution in [1.82, 2.24) is 15.0 Å². The van der Waals surface area contributed by atoms with Crippen LogP contribution in [0.3, 0.4) is 0 Å². The average Bonchev–Trinajstić information content (AvgIpc) is 2.92. The number of nitrogens with zero attached hydrogens (tertiary/aromatic N) is 3. The Balaban J connectivity index is 1.91. The molecule has 1 amide bonds. The van der Waals surface area contributed by atoms with Crippen LogP contribution in [0, 0.1) is 27.7 Å². The zero-order valence-corrected chi connectivity index (χ0v) is 14.3. The number of hydrogen-bond acceptors (Lipinski definition) is 3. The Labute approximate surface area is 141 Å². The number of carbonyl (C=O) groups is 1. The Morgan fingerprint density at radius 1 is 1.00 bits per heavy atom. The summed E-state index contributed by atoms with van der Waals surface area (Å²) < 4.78 is 1.70. The Morgan fingerprint density at radius 2 is 1.75 bits per heavy atom. The van der Waals surface area contributed by atoms with Crippen LogP contribution in [0.4, 0.5) is 5.69 Å². The van der Waals surface area contributed by atoms with Crippen molar-refractivity contribution in [2.24, 2.45) is 0 Å². The number of benzene rings is 2. The van der Waals surface area contributed by atoms with Crippen molar-refractivity contribution < 1.29 is 4.79 Å². The molecule has 0 atom stereocenters. The van der Waals surface area contributed by atoms with Gasteiger partial charge in [-0.3, -0.25) is 4.79 Å². The second kappa shape index (κ2) is 6.28. The molecule has 0 bridgehead atoms. The third kappa shape index (κ3) is 2.93. The first-order valence-corrected chi connectivity index (χ1v) is 7.84. The molecule has 0 aliphatic heterocycles. The Bertz CT molecular complexity index is 911. The highest BCUT2D eigenvalue weighted by Gasteiger charge is 2.18. The quantitative estimate of drug-likeness (QED) is 0.799. The third-order valence-electron chi connectivity index (χ3n) is 4.08. The summed E-state index contributed by atoms with van der Waals surface area (Å²) in [6.45, 7) is 7.85. The maximum atomic E-state index is 12.6. The summed E-state index contributed by atoms with van der Waals surface area (Å²) in [5, 5.41) is 11.1. The molecule has 0 aliphatic carbocycles. The van der Waals surface area contributed by atoms with Crippen molar-refractivity contribution in [3.8, 4) is 5.69 Å². The largest absolute Gasteiger partial charge is 0.320 e. The predicted molar refractivity (Wildman–Crippen MR) is 94.7 cm³/mol. The molecule has 122 valence electrons. The monoisotopic (exact) mass is 320 g/mol. The summed E-state index contributed by atoms with van der Waals surface area (Å²) >= 11 is 0. The van der Waals surface area contributed by atoms with Gasteiger partial charge in [0.15, 0.2) is 5.69 Å². The Kier molecular flexibility index (Phi) is 4.16. The van der Waals surface area contributed by atoms with Gasteiger partial charge in [-0.05, 0) is 51.0 Å². The van der Waals surface area contributed by atoms with Crippen LogP contribution in [0.15, 0.2) is 42.5 Å². The summed E-state index contributed by atoms with van der Waals surface area (Å²) in [5.41, 5.74) is 6.01. The number of aromatic nitrogens is 3. The highest BCUT2D eigenvalue weighted by Crippen LogP contribution is 2.19. The van der Waals surface area contributed by atoms with Gasteiger partial charge in [-0.2, -0.15) is 0 Å².